The largest absolute Gasteiger partial charge is 0.352 e. The standard InChI is InChI=1S/C17H20N6O2/c1-12-10-21-11-13(5-6-14(21)18-12)19-16(24)7-9-23-17(25)22-8-3-2-4-15(22)20-23/h2-4,8,10,13H,5-7,9,11H2,1H3,(H,19,24). The molecule has 1 unspecified atom stereocenters. The average molecular weight is 340 g/mol. The molecule has 130 valence electrons. The van der Waals surface area contributed by atoms with E-state index in [1.165, 1.54) is 9.08 Å². The van der Waals surface area contributed by atoms with Crippen LogP contribution in [0.15, 0.2) is 35.4 Å². The van der Waals surface area contributed by atoms with E-state index in [4.69, 9.17) is 0 Å². The predicted octanol–water partition coefficient (Wildman–Crippen LogP) is 0.522. The minimum Gasteiger partial charge on any atom is -0.352 e. The van der Waals surface area contributed by atoms with E-state index in [9.17, 15) is 9.59 Å². The number of nitrogens with one attached hydrogen (secondary N) is 1. The van der Waals surface area contributed by atoms with Crippen molar-refractivity contribution in [3.63, 3.8) is 0 Å². The lowest BCUT2D eigenvalue weighted by atomic mass is 10.1. The highest BCUT2D eigenvalue weighted by Gasteiger charge is 2.21. The highest BCUT2D eigenvalue weighted by molar-refractivity contribution is 5.76. The Kier molecular flexibility index (Phi) is 3.87. The topological polar surface area (TPSA) is 86.2 Å². The number of hydrogen-bond donors (Lipinski definition) is 1. The van der Waals surface area contributed by atoms with Crippen LogP contribution in [0.25, 0.3) is 5.65 Å². The molecule has 8 heteroatoms. The van der Waals surface area contributed by atoms with Crippen LogP contribution >= 0.6 is 0 Å². The number of aromatic nitrogens is 5. The summed E-state index contributed by atoms with van der Waals surface area (Å²) >= 11 is 0. The predicted molar refractivity (Wildman–Crippen MR) is 91.3 cm³/mol. The van der Waals surface area contributed by atoms with Gasteiger partial charge in [0.1, 0.15) is 5.82 Å². The Morgan fingerprint density at radius 2 is 2.28 bits per heavy atom. The molecule has 1 N–H and O–H groups in total. The zero-order valence-electron chi connectivity index (χ0n) is 14.1. The quantitative estimate of drug-likeness (QED) is 0.750. The summed E-state index contributed by atoms with van der Waals surface area (Å²) < 4.78 is 4.92. The van der Waals surface area contributed by atoms with E-state index in [2.05, 4.69) is 20.0 Å². The maximum absolute atomic E-state index is 12.2. The van der Waals surface area contributed by atoms with Gasteiger partial charge in [-0.05, 0) is 25.5 Å². The molecule has 0 radical (unpaired) electrons. The fourth-order valence-electron chi connectivity index (χ4n) is 3.33. The number of carbonyl (C=O) groups excluding carboxylic acids is 1. The van der Waals surface area contributed by atoms with E-state index in [1.807, 2.05) is 19.2 Å². The van der Waals surface area contributed by atoms with Gasteiger partial charge in [-0.2, -0.15) is 0 Å². The molecule has 0 saturated carbocycles. The molecule has 4 heterocycles. The van der Waals surface area contributed by atoms with Gasteiger partial charge in [-0.3, -0.25) is 9.20 Å². The SMILES string of the molecule is Cc1cn2c(n1)CCC(NC(=O)CCn1nc3ccccn3c1=O)C2. The molecule has 4 rings (SSSR count). The Balaban J connectivity index is 1.36. The monoisotopic (exact) mass is 340 g/mol. The Hall–Kier alpha value is -2.90. The van der Waals surface area contributed by atoms with E-state index in [-0.39, 0.29) is 30.6 Å². The molecule has 3 aromatic heterocycles. The van der Waals surface area contributed by atoms with Crippen molar-refractivity contribution in [3.8, 4) is 0 Å². The summed E-state index contributed by atoms with van der Waals surface area (Å²) in [5, 5.41) is 7.29. The summed E-state index contributed by atoms with van der Waals surface area (Å²) in [6, 6.07) is 5.48. The van der Waals surface area contributed by atoms with Gasteiger partial charge in [-0.25, -0.2) is 14.5 Å². The second-order valence-electron chi connectivity index (χ2n) is 6.44. The van der Waals surface area contributed by atoms with E-state index in [1.54, 1.807) is 18.3 Å². The number of amides is 1. The third kappa shape index (κ3) is 3.07. The Labute approximate surface area is 144 Å². The van der Waals surface area contributed by atoms with Gasteiger partial charge in [0.05, 0.1) is 12.2 Å². The summed E-state index contributed by atoms with van der Waals surface area (Å²) in [5.41, 5.74) is 1.37. The molecule has 25 heavy (non-hydrogen) atoms. The van der Waals surface area contributed by atoms with Crippen molar-refractivity contribution < 1.29 is 4.79 Å². The fraction of sp³-hybridized carbons (Fsp3) is 0.412. The molecule has 3 aromatic rings. The molecular formula is C17H20N6O2. The van der Waals surface area contributed by atoms with Crippen LogP contribution in [0.2, 0.25) is 0 Å². The lowest BCUT2D eigenvalue weighted by molar-refractivity contribution is -0.122. The number of aryl methyl sites for hydroxylation is 3. The number of pyridine rings is 1. The smallest absolute Gasteiger partial charge is 0.350 e. The molecule has 1 amide bonds. The maximum atomic E-state index is 12.2. The number of carbonyl (C=O) groups is 1. The zero-order chi connectivity index (χ0) is 17.4. The van der Waals surface area contributed by atoms with Crippen LogP contribution in [0.3, 0.4) is 0 Å². The lowest BCUT2D eigenvalue weighted by Crippen LogP contribution is -2.41. The molecule has 1 aliphatic heterocycles. The van der Waals surface area contributed by atoms with Crippen LogP contribution in [0.4, 0.5) is 0 Å². The van der Waals surface area contributed by atoms with Gasteiger partial charge < -0.3 is 9.88 Å². The van der Waals surface area contributed by atoms with Crippen molar-refractivity contribution in [2.24, 2.45) is 0 Å². The molecule has 0 spiro atoms. The van der Waals surface area contributed by atoms with Crippen molar-refractivity contribution in [1.82, 2.24) is 29.0 Å². The average Bonchev–Trinajstić information content (AvgIpc) is 3.12. The molecule has 0 saturated heterocycles. The van der Waals surface area contributed by atoms with Crippen LogP contribution < -0.4 is 11.0 Å². The van der Waals surface area contributed by atoms with Gasteiger partial charge >= 0.3 is 5.69 Å². The number of rotatable bonds is 4. The minimum atomic E-state index is -0.223. The highest BCUT2D eigenvalue weighted by atomic mass is 16.2. The first kappa shape index (κ1) is 15.6. The van der Waals surface area contributed by atoms with Crippen LogP contribution in [0.1, 0.15) is 24.4 Å². The van der Waals surface area contributed by atoms with Crippen molar-refractivity contribution in [3.05, 3.63) is 52.6 Å². The van der Waals surface area contributed by atoms with E-state index >= 15 is 0 Å². The first-order chi connectivity index (χ1) is 12.1. The van der Waals surface area contributed by atoms with Crippen LogP contribution in [-0.2, 0) is 24.3 Å². The van der Waals surface area contributed by atoms with Crippen LogP contribution in [-0.4, -0.2) is 35.7 Å². The summed E-state index contributed by atoms with van der Waals surface area (Å²) in [6.45, 7) is 3.00. The maximum Gasteiger partial charge on any atom is 0.350 e. The summed E-state index contributed by atoms with van der Waals surface area (Å²) in [5.74, 6) is 1.02. The van der Waals surface area contributed by atoms with Crippen molar-refractivity contribution in [1.29, 1.82) is 0 Å². The van der Waals surface area contributed by atoms with E-state index in [0.717, 1.165) is 30.9 Å². The van der Waals surface area contributed by atoms with Crippen molar-refractivity contribution in [2.75, 3.05) is 0 Å². The summed E-state index contributed by atoms with van der Waals surface area (Å²) in [7, 11) is 0. The lowest BCUT2D eigenvalue weighted by Gasteiger charge is -2.24. The molecule has 0 aliphatic carbocycles. The van der Waals surface area contributed by atoms with Crippen molar-refractivity contribution >= 4 is 11.6 Å². The van der Waals surface area contributed by atoms with E-state index in [0.29, 0.717) is 5.65 Å². The van der Waals surface area contributed by atoms with Crippen molar-refractivity contribution in [2.45, 2.75) is 45.3 Å². The number of nitrogens with zero attached hydrogens (tertiary/aromatic N) is 5. The zero-order valence-corrected chi connectivity index (χ0v) is 14.1. The summed E-state index contributed by atoms with van der Waals surface area (Å²) in [6.07, 6.45) is 5.68. The third-order valence-electron chi connectivity index (χ3n) is 4.52. The Morgan fingerprint density at radius 1 is 1.40 bits per heavy atom. The molecule has 0 aromatic carbocycles. The van der Waals surface area contributed by atoms with Gasteiger partial charge in [0.2, 0.25) is 5.91 Å². The normalized spacial score (nSPS) is 16.8. The highest BCUT2D eigenvalue weighted by Crippen LogP contribution is 2.15. The first-order valence-electron chi connectivity index (χ1n) is 8.46. The van der Waals surface area contributed by atoms with E-state index < -0.39 is 0 Å². The van der Waals surface area contributed by atoms with Crippen LogP contribution in [0.5, 0.6) is 0 Å². The van der Waals surface area contributed by atoms with Gasteiger partial charge in [-0.1, -0.05) is 6.07 Å². The second kappa shape index (κ2) is 6.19. The third-order valence-corrected chi connectivity index (χ3v) is 4.52. The minimum absolute atomic E-state index is 0.0609. The Morgan fingerprint density at radius 3 is 3.12 bits per heavy atom. The second-order valence-corrected chi connectivity index (χ2v) is 6.44. The van der Waals surface area contributed by atoms with Gasteiger partial charge in [0.15, 0.2) is 5.65 Å². The van der Waals surface area contributed by atoms with Gasteiger partial charge in [0, 0.05) is 37.8 Å². The number of fused-ring (bicyclic) bond motifs is 2. The summed E-state index contributed by atoms with van der Waals surface area (Å²) in [4.78, 5) is 28.9. The molecule has 8 nitrogen and oxygen atoms in total. The number of imidazole rings is 1. The molecule has 1 atom stereocenters. The fourth-order valence-corrected chi connectivity index (χ4v) is 3.33. The van der Waals surface area contributed by atoms with Gasteiger partial charge in [-0.15, -0.1) is 5.10 Å². The van der Waals surface area contributed by atoms with Crippen LogP contribution in [0, 0.1) is 6.92 Å². The van der Waals surface area contributed by atoms with Gasteiger partial charge in [0.25, 0.3) is 0 Å². The molecule has 0 bridgehead atoms. The molecule has 0 fully saturated rings. The Bertz CT molecular complexity index is 983. The first-order valence-corrected chi connectivity index (χ1v) is 8.46. The molecule has 1 aliphatic rings. The molecular weight excluding hydrogens is 320 g/mol. The number of hydrogen-bond acceptors (Lipinski definition) is 4.